The second-order valence-corrected chi connectivity index (χ2v) is 4.61. The minimum Gasteiger partial charge on any atom is -0.399 e. The summed E-state index contributed by atoms with van der Waals surface area (Å²) in [6.07, 6.45) is 2.10. The zero-order valence-electron chi connectivity index (χ0n) is 10.3. The molecular weight excluding hydrogens is 230 g/mol. The fraction of sp³-hybridized carbons (Fsp3) is 0.462. The number of anilines is 2. The summed E-state index contributed by atoms with van der Waals surface area (Å²) in [5.41, 5.74) is 12.7. The van der Waals surface area contributed by atoms with Crippen molar-refractivity contribution >= 4 is 17.3 Å². The second kappa shape index (κ2) is 5.73. The maximum Gasteiger partial charge on any atom is 0.250 e. The Hall–Kier alpha value is -1.75. The highest BCUT2D eigenvalue weighted by Crippen LogP contribution is 2.21. The van der Waals surface area contributed by atoms with E-state index in [1.54, 1.807) is 18.2 Å². The zero-order chi connectivity index (χ0) is 13.0. The molecule has 1 aromatic carbocycles. The summed E-state index contributed by atoms with van der Waals surface area (Å²) in [5, 5.41) is 3.28. The molecule has 0 unspecified atom stereocenters. The first-order valence-electron chi connectivity index (χ1n) is 6.18. The van der Waals surface area contributed by atoms with Crippen LogP contribution in [0.25, 0.3) is 0 Å². The lowest BCUT2D eigenvalue weighted by molar-refractivity contribution is 0.0699. The Bertz CT molecular complexity index is 428. The van der Waals surface area contributed by atoms with Crippen LogP contribution in [0.3, 0.4) is 0 Å². The maximum absolute atomic E-state index is 11.3. The predicted octanol–water partition coefficient (Wildman–Crippen LogP) is 1.21. The van der Waals surface area contributed by atoms with Crippen molar-refractivity contribution in [2.45, 2.75) is 12.8 Å². The number of nitrogen functional groups attached to an aromatic ring is 1. The summed E-state index contributed by atoms with van der Waals surface area (Å²) in [7, 11) is 0. The van der Waals surface area contributed by atoms with E-state index >= 15 is 0 Å². The normalized spacial score (nSPS) is 16.4. The van der Waals surface area contributed by atoms with Gasteiger partial charge in [-0.3, -0.25) is 4.79 Å². The van der Waals surface area contributed by atoms with Crippen molar-refractivity contribution in [3.63, 3.8) is 0 Å². The molecule has 98 valence electrons. The van der Waals surface area contributed by atoms with Crippen LogP contribution < -0.4 is 16.8 Å². The van der Waals surface area contributed by atoms with Crippen molar-refractivity contribution < 1.29 is 9.53 Å². The van der Waals surface area contributed by atoms with Gasteiger partial charge in [-0.15, -0.1) is 0 Å². The van der Waals surface area contributed by atoms with Crippen LogP contribution in [0.2, 0.25) is 0 Å². The van der Waals surface area contributed by atoms with Crippen molar-refractivity contribution in [1.82, 2.24) is 0 Å². The molecule has 0 aromatic heterocycles. The van der Waals surface area contributed by atoms with Gasteiger partial charge in [-0.1, -0.05) is 0 Å². The van der Waals surface area contributed by atoms with Crippen LogP contribution in [0.5, 0.6) is 0 Å². The predicted molar refractivity (Wildman–Crippen MR) is 71.4 cm³/mol. The number of nitrogens with two attached hydrogens (primary N) is 2. The van der Waals surface area contributed by atoms with Crippen molar-refractivity contribution in [2.24, 2.45) is 11.7 Å². The Balaban J connectivity index is 2.01. The van der Waals surface area contributed by atoms with Crippen LogP contribution >= 0.6 is 0 Å². The fourth-order valence-electron chi connectivity index (χ4n) is 2.12. The molecule has 0 radical (unpaired) electrons. The first-order valence-corrected chi connectivity index (χ1v) is 6.18. The number of carbonyl (C=O) groups is 1. The molecule has 1 amide bonds. The molecule has 1 aromatic rings. The molecule has 18 heavy (non-hydrogen) atoms. The molecule has 5 N–H and O–H groups in total. The van der Waals surface area contributed by atoms with Crippen molar-refractivity contribution in [2.75, 3.05) is 30.8 Å². The summed E-state index contributed by atoms with van der Waals surface area (Å²) in [6.45, 7) is 2.46. The van der Waals surface area contributed by atoms with E-state index in [9.17, 15) is 4.79 Å². The number of nitrogens with one attached hydrogen (secondary N) is 1. The van der Waals surface area contributed by atoms with Crippen LogP contribution in [0.4, 0.5) is 11.4 Å². The lowest BCUT2D eigenvalue weighted by Crippen LogP contribution is -2.24. The van der Waals surface area contributed by atoms with Gasteiger partial charge < -0.3 is 21.5 Å². The van der Waals surface area contributed by atoms with Gasteiger partial charge in [-0.2, -0.15) is 0 Å². The molecular formula is C13H19N3O2. The number of primary amides is 1. The van der Waals surface area contributed by atoms with Gasteiger partial charge in [0, 0.05) is 31.1 Å². The van der Waals surface area contributed by atoms with E-state index in [2.05, 4.69) is 5.32 Å². The number of carbonyl (C=O) groups excluding carboxylic acids is 1. The SMILES string of the molecule is NC(=O)c1cc(N)ccc1NCC1CCOCC1. The van der Waals surface area contributed by atoms with Gasteiger partial charge in [0.05, 0.1) is 5.56 Å². The van der Waals surface area contributed by atoms with Gasteiger partial charge in [0.1, 0.15) is 0 Å². The quantitative estimate of drug-likeness (QED) is 0.699. The second-order valence-electron chi connectivity index (χ2n) is 4.61. The number of benzene rings is 1. The Labute approximate surface area is 106 Å². The first kappa shape index (κ1) is 12.7. The number of hydrogen-bond acceptors (Lipinski definition) is 4. The maximum atomic E-state index is 11.3. The van der Waals surface area contributed by atoms with Crippen molar-refractivity contribution in [3.05, 3.63) is 23.8 Å². The average molecular weight is 249 g/mol. The van der Waals surface area contributed by atoms with E-state index in [1.807, 2.05) is 0 Å². The highest BCUT2D eigenvalue weighted by molar-refractivity contribution is 5.99. The molecule has 0 aliphatic carbocycles. The summed E-state index contributed by atoms with van der Waals surface area (Å²) < 4.78 is 5.31. The van der Waals surface area contributed by atoms with Gasteiger partial charge in [0.15, 0.2) is 0 Å². The van der Waals surface area contributed by atoms with Gasteiger partial charge in [-0.25, -0.2) is 0 Å². The number of hydrogen-bond donors (Lipinski definition) is 3. The summed E-state index contributed by atoms with van der Waals surface area (Å²) >= 11 is 0. The van der Waals surface area contributed by atoms with Crippen LogP contribution in [-0.2, 0) is 4.74 Å². The molecule has 1 heterocycles. The average Bonchev–Trinajstić information content (AvgIpc) is 2.38. The third-order valence-electron chi connectivity index (χ3n) is 3.23. The molecule has 1 aliphatic rings. The molecule has 1 saturated heterocycles. The standard InChI is InChI=1S/C13H19N3O2/c14-10-1-2-12(11(7-10)13(15)17)16-8-9-3-5-18-6-4-9/h1-2,7,9,16H,3-6,8,14H2,(H2,15,17). The number of rotatable bonds is 4. The Kier molecular flexibility index (Phi) is 4.04. The monoisotopic (exact) mass is 249 g/mol. The summed E-state index contributed by atoms with van der Waals surface area (Å²) in [5.74, 6) is 0.119. The van der Waals surface area contributed by atoms with Crippen LogP contribution in [0.1, 0.15) is 23.2 Å². The highest BCUT2D eigenvalue weighted by Gasteiger charge is 2.15. The van der Waals surface area contributed by atoms with E-state index in [4.69, 9.17) is 16.2 Å². The van der Waals surface area contributed by atoms with Crippen molar-refractivity contribution in [1.29, 1.82) is 0 Å². The summed E-state index contributed by atoms with van der Waals surface area (Å²) in [6, 6.07) is 5.17. The molecule has 0 saturated carbocycles. The smallest absolute Gasteiger partial charge is 0.250 e. The van der Waals surface area contributed by atoms with Crippen LogP contribution in [0, 0.1) is 5.92 Å². The molecule has 0 bridgehead atoms. The highest BCUT2D eigenvalue weighted by atomic mass is 16.5. The molecule has 0 atom stereocenters. The van der Waals surface area contributed by atoms with Gasteiger partial charge in [-0.05, 0) is 37.0 Å². The van der Waals surface area contributed by atoms with Crippen molar-refractivity contribution in [3.8, 4) is 0 Å². The van der Waals surface area contributed by atoms with Gasteiger partial charge >= 0.3 is 0 Å². The molecule has 1 fully saturated rings. The Morgan fingerprint density at radius 3 is 2.78 bits per heavy atom. The van der Waals surface area contributed by atoms with Crippen LogP contribution in [0.15, 0.2) is 18.2 Å². The van der Waals surface area contributed by atoms with Gasteiger partial charge in [0.25, 0.3) is 5.91 Å². The van der Waals surface area contributed by atoms with E-state index in [0.29, 0.717) is 17.2 Å². The third-order valence-corrected chi connectivity index (χ3v) is 3.23. The third kappa shape index (κ3) is 3.13. The lowest BCUT2D eigenvalue weighted by Gasteiger charge is -2.23. The largest absolute Gasteiger partial charge is 0.399 e. The molecule has 1 aliphatic heterocycles. The fourth-order valence-corrected chi connectivity index (χ4v) is 2.12. The Morgan fingerprint density at radius 2 is 2.11 bits per heavy atom. The van der Waals surface area contributed by atoms with E-state index in [1.165, 1.54) is 0 Å². The number of ether oxygens (including phenoxy) is 1. The van der Waals surface area contributed by atoms with Gasteiger partial charge in [0.2, 0.25) is 0 Å². The van der Waals surface area contributed by atoms with E-state index in [0.717, 1.165) is 38.3 Å². The van der Waals surface area contributed by atoms with E-state index in [-0.39, 0.29) is 0 Å². The molecule has 5 nitrogen and oxygen atoms in total. The first-order chi connectivity index (χ1) is 8.66. The van der Waals surface area contributed by atoms with E-state index < -0.39 is 5.91 Å². The number of amides is 1. The van der Waals surface area contributed by atoms with Crippen LogP contribution in [-0.4, -0.2) is 25.7 Å². The Morgan fingerprint density at radius 1 is 1.39 bits per heavy atom. The lowest BCUT2D eigenvalue weighted by atomic mass is 10.00. The minimum atomic E-state index is -0.461. The molecule has 0 spiro atoms. The molecule has 2 rings (SSSR count). The zero-order valence-corrected chi connectivity index (χ0v) is 10.3. The molecule has 5 heteroatoms. The summed E-state index contributed by atoms with van der Waals surface area (Å²) in [4.78, 5) is 11.3. The topological polar surface area (TPSA) is 90.4 Å². The minimum absolute atomic E-state index is 0.446.